The molecule has 1 unspecified atom stereocenters. The number of carbonyl (C=O) groups is 3. The number of ether oxygens (including phenoxy) is 1. The van der Waals surface area contributed by atoms with Crippen LogP contribution in [0.15, 0.2) is 78.9 Å². The molecule has 0 bridgehead atoms. The van der Waals surface area contributed by atoms with Gasteiger partial charge >= 0.3 is 6.09 Å². The predicted octanol–water partition coefficient (Wildman–Crippen LogP) is 6.39. The zero-order chi connectivity index (χ0) is 33.3. The second-order valence-corrected chi connectivity index (χ2v) is 11.9. The minimum Gasteiger partial charge on any atom is -0.410 e. The summed E-state index contributed by atoms with van der Waals surface area (Å²) in [7, 11) is 0. The van der Waals surface area contributed by atoms with Crippen molar-refractivity contribution >= 4 is 23.6 Å². The molecular weight excluding hydrogens is 594 g/mol. The van der Waals surface area contributed by atoms with E-state index in [-0.39, 0.29) is 24.0 Å². The highest BCUT2D eigenvalue weighted by molar-refractivity contribution is 6.00. The van der Waals surface area contributed by atoms with Gasteiger partial charge in [-0.25, -0.2) is 9.48 Å². The van der Waals surface area contributed by atoms with Crippen molar-refractivity contribution in [1.82, 2.24) is 19.6 Å². The number of anilines is 1. The molecule has 5 rings (SSSR count). The van der Waals surface area contributed by atoms with Crippen LogP contribution in [0.1, 0.15) is 77.2 Å². The predicted molar refractivity (Wildman–Crippen MR) is 181 cm³/mol. The number of aromatic nitrogens is 2. The molecular formula is C37H43N5O5. The molecule has 0 fully saturated rings. The van der Waals surface area contributed by atoms with Crippen LogP contribution >= 0.6 is 0 Å². The van der Waals surface area contributed by atoms with E-state index in [1.54, 1.807) is 58.1 Å². The second-order valence-electron chi connectivity index (χ2n) is 11.9. The van der Waals surface area contributed by atoms with E-state index in [1.807, 2.05) is 42.2 Å². The summed E-state index contributed by atoms with van der Waals surface area (Å²) in [4.78, 5) is 44.4. The van der Waals surface area contributed by atoms with E-state index in [9.17, 15) is 19.5 Å². The summed E-state index contributed by atoms with van der Waals surface area (Å²) in [6.07, 6.45) is 3.57. The van der Waals surface area contributed by atoms with Gasteiger partial charge in [0.15, 0.2) is 5.69 Å². The monoisotopic (exact) mass is 637 g/mol. The smallest absolute Gasteiger partial charge is 0.410 e. The van der Waals surface area contributed by atoms with E-state index < -0.39 is 12.1 Å². The Morgan fingerprint density at radius 1 is 0.936 bits per heavy atom. The molecule has 1 atom stereocenters. The fourth-order valence-corrected chi connectivity index (χ4v) is 5.85. The summed E-state index contributed by atoms with van der Waals surface area (Å²) in [6.45, 7) is 7.47. The molecule has 3 aromatic carbocycles. The number of benzene rings is 3. The van der Waals surface area contributed by atoms with Crippen LogP contribution in [0.5, 0.6) is 5.75 Å². The number of nitrogens with one attached hydrogen (secondary N) is 1. The van der Waals surface area contributed by atoms with Crippen molar-refractivity contribution in [2.24, 2.45) is 0 Å². The van der Waals surface area contributed by atoms with E-state index in [0.717, 1.165) is 36.8 Å². The Morgan fingerprint density at radius 2 is 1.62 bits per heavy atom. The van der Waals surface area contributed by atoms with Crippen molar-refractivity contribution < 1.29 is 24.2 Å². The van der Waals surface area contributed by atoms with Crippen LogP contribution in [0, 0.1) is 6.92 Å². The summed E-state index contributed by atoms with van der Waals surface area (Å²) in [5, 5.41) is 17.8. The van der Waals surface area contributed by atoms with Gasteiger partial charge in [-0.2, -0.15) is 5.10 Å². The third-order valence-corrected chi connectivity index (χ3v) is 8.44. The zero-order valence-corrected chi connectivity index (χ0v) is 27.3. The van der Waals surface area contributed by atoms with Crippen LogP contribution in [0.4, 0.5) is 10.5 Å². The zero-order valence-electron chi connectivity index (χ0n) is 27.3. The highest BCUT2D eigenvalue weighted by Crippen LogP contribution is 2.29. The molecule has 10 nitrogen and oxygen atoms in total. The first kappa shape index (κ1) is 33.4. The lowest BCUT2D eigenvalue weighted by atomic mass is 9.93. The summed E-state index contributed by atoms with van der Waals surface area (Å²) in [5.41, 5.74) is 4.16. The van der Waals surface area contributed by atoms with Gasteiger partial charge in [-0.15, -0.1) is 0 Å². The molecule has 10 heteroatoms. The highest BCUT2D eigenvalue weighted by Gasteiger charge is 2.32. The third kappa shape index (κ3) is 7.89. The molecule has 1 aliphatic heterocycles. The maximum Gasteiger partial charge on any atom is 0.417 e. The first-order valence-corrected chi connectivity index (χ1v) is 16.4. The number of hydrogen-bond donors (Lipinski definition) is 2. The molecule has 0 saturated carbocycles. The molecule has 2 N–H and O–H groups in total. The van der Waals surface area contributed by atoms with Crippen LogP contribution in [-0.2, 0) is 13.0 Å². The van der Waals surface area contributed by atoms with Gasteiger partial charge in [0, 0.05) is 31.0 Å². The summed E-state index contributed by atoms with van der Waals surface area (Å²) < 4.78 is 7.02. The molecule has 0 spiro atoms. The van der Waals surface area contributed by atoms with Gasteiger partial charge in [-0.3, -0.25) is 14.9 Å². The Hall–Kier alpha value is -4.96. The fraction of sp³-hybridized carbons (Fsp3) is 0.351. The maximum absolute atomic E-state index is 14.5. The number of hydrogen-bond acceptors (Lipinski definition) is 6. The number of carbonyl (C=O) groups excluding carboxylic acids is 3. The van der Waals surface area contributed by atoms with Crippen molar-refractivity contribution in [3.05, 3.63) is 107 Å². The number of amides is 3. The number of rotatable bonds is 12. The Kier molecular flexibility index (Phi) is 11.1. The van der Waals surface area contributed by atoms with Crippen LogP contribution < -0.4 is 10.1 Å². The number of aliphatic hydroxyl groups is 1. The third-order valence-electron chi connectivity index (χ3n) is 8.44. The van der Waals surface area contributed by atoms with Gasteiger partial charge in [0.2, 0.25) is 0 Å². The van der Waals surface area contributed by atoms with Crippen molar-refractivity contribution in [2.45, 2.75) is 65.5 Å². The highest BCUT2D eigenvalue weighted by atomic mass is 16.6. The van der Waals surface area contributed by atoms with E-state index >= 15 is 0 Å². The standard InChI is InChI=1S/C37H43N5O5/c1-4-6-19-40(20-7-5-2)36(45)33-21-26(3)42(39-33)34-18-17-29(38-37(46)47-31-15-9-8-10-16-31)23-32(34)35(44)41-24-28-14-12-11-13-27(28)22-30(41)25-43/h8-18,21,23,30,43H,4-7,19-20,22,24-25H2,1-3H3,(H,38,46). The first-order valence-electron chi connectivity index (χ1n) is 16.4. The molecule has 47 heavy (non-hydrogen) atoms. The number of para-hydroxylation sites is 1. The average molecular weight is 638 g/mol. The molecule has 246 valence electrons. The number of nitrogens with zero attached hydrogens (tertiary/aromatic N) is 4. The normalized spacial score (nSPS) is 14.0. The Bertz CT molecular complexity index is 1690. The molecule has 1 aromatic heterocycles. The van der Waals surface area contributed by atoms with Crippen LogP contribution in [0.2, 0.25) is 0 Å². The van der Waals surface area contributed by atoms with Gasteiger partial charge in [-0.1, -0.05) is 69.2 Å². The van der Waals surface area contributed by atoms with Gasteiger partial charge in [0.1, 0.15) is 5.75 Å². The summed E-state index contributed by atoms with van der Waals surface area (Å²) in [6, 6.07) is 22.9. The van der Waals surface area contributed by atoms with E-state index in [2.05, 4.69) is 19.2 Å². The van der Waals surface area contributed by atoms with E-state index in [0.29, 0.717) is 54.6 Å². The molecule has 0 radical (unpaired) electrons. The molecule has 4 aromatic rings. The molecule has 0 saturated heterocycles. The minimum absolute atomic E-state index is 0.142. The first-order chi connectivity index (χ1) is 22.8. The molecule has 2 heterocycles. The second kappa shape index (κ2) is 15.6. The van der Waals surface area contributed by atoms with Crippen LogP contribution in [0.3, 0.4) is 0 Å². The van der Waals surface area contributed by atoms with Crippen molar-refractivity contribution in [3.8, 4) is 11.4 Å². The van der Waals surface area contributed by atoms with Gasteiger partial charge in [-0.05, 0) is 73.7 Å². The lowest BCUT2D eigenvalue weighted by Gasteiger charge is -2.36. The van der Waals surface area contributed by atoms with E-state index in [4.69, 9.17) is 9.84 Å². The largest absolute Gasteiger partial charge is 0.417 e. The molecule has 1 aliphatic rings. The summed E-state index contributed by atoms with van der Waals surface area (Å²) >= 11 is 0. The molecule has 0 aliphatic carbocycles. The Balaban J connectivity index is 1.51. The number of unbranched alkanes of at least 4 members (excludes halogenated alkanes) is 2. The van der Waals surface area contributed by atoms with Crippen molar-refractivity contribution in [3.63, 3.8) is 0 Å². The maximum atomic E-state index is 14.5. The Labute approximate surface area is 276 Å². The lowest BCUT2D eigenvalue weighted by Crippen LogP contribution is -2.46. The Morgan fingerprint density at radius 3 is 2.30 bits per heavy atom. The summed E-state index contributed by atoms with van der Waals surface area (Å²) in [5.74, 6) is -0.0903. The number of aliphatic hydroxyl groups excluding tert-OH is 1. The number of aryl methyl sites for hydroxylation is 1. The minimum atomic E-state index is -0.704. The quantitative estimate of drug-likeness (QED) is 0.186. The van der Waals surface area contributed by atoms with Gasteiger partial charge in [0.25, 0.3) is 11.8 Å². The van der Waals surface area contributed by atoms with E-state index in [1.165, 1.54) is 0 Å². The lowest BCUT2D eigenvalue weighted by molar-refractivity contribution is 0.0544. The molecule has 3 amide bonds. The SMILES string of the molecule is CCCCN(CCCC)C(=O)c1cc(C)n(-c2ccc(NC(=O)Oc3ccccc3)cc2C(=O)N2Cc3ccccc3CC2CO)n1. The van der Waals surface area contributed by atoms with Crippen LogP contribution in [-0.4, -0.2) is 68.3 Å². The average Bonchev–Trinajstić information content (AvgIpc) is 3.48. The fourth-order valence-electron chi connectivity index (χ4n) is 5.85. The van der Waals surface area contributed by atoms with Crippen molar-refractivity contribution in [2.75, 3.05) is 25.0 Å². The number of fused-ring (bicyclic) bond motifs is 1. The van der Waals surface area contributed by atoms with Gasteiger partial charge in [0.05, 0.1) is 23.9 Å². The van der Waals surface area contributed by atoms with Crippen LogP contribution in [0.25, 0.3) is 5.69 Å². The topological polar surface area (TPSA) is 117 Å². The van der Waals surface area contributed by atoms with Gasteiger partial charge < -0.3 is 19.6 Å². The van der Waals surface area contributed by atoms with Crippen molar-refractivity contribution in [1.29, 1.82) is 0 Å².